The quantitative estimate of drug-likeness (QED) is 0.682. The first kappa shape index (κ1) is 16.3. The van der Waals surface area contributed by atoms with Crippen molar-refractivity contribution < 1.29 is 14.0 Å². The Morgan fingerprint density at radius 1 is 1.21 bits per heavy atom. The number of urea groups is 1. The monoisotopic (exact) mass is 363 g/mol. The molecule has 0 atom stereocenters. The summed E-state index contributed by atoms with van der Waals surface area (Å²) in [6.45, 7) is 1.78. The van der Waals surface area contributed by atoms with Gasteiger partial charge in [0.2, 0.25) is 17.3 Å². The molecule has 0 saturated heterocycles. The Bertz CT molecular complexity index is 982. The highest BCUT2D eigenvalue weighted by Gasteiger charge is 2.25. The van der Waals surface area contributed by atoms with Crippen LogP contribution in [0.15, 0.2) is 34.7 Å². The molecule has 0 fully saturated rings. The van der Waals surface area contributed by atoms with Gasteiger partial charge in [0.05, 0.1) is 10.4 Å². The molecular weight excluding hydrogens is 353 g/mol. The molecule has 6 nitrogen and oxygen atoms in total. The molecule has 24 heavy (non-hydrogen) atoms. The number of furan rings is 1. The van der Waals surface area contributed by atoms with Crippen LogP contribution in [0.4, 0.5) is 10.5 Å². The van der Waals surface area contributed by atoms with E-state index in [1.165, 1.54) is 18.2 Å². The van der Waals surface area contributed by atoms with Crippen molar-refractivity contribution >= 4 is 51.8 Å². The number of hydrogen-bond donors (Lipinski definition) is 2. The molecule has 2 amide bonds. The Morgan fingerprint density at radius 3 is 2.62 bits per heavy atom. The molecule has 0 bridgehead atoms. The Kier molecular flexibility index (Phi) is 4.17. The molecule has 2 aromatic heterocycles. The molecule has 0 unspecified atom stereocenters. The van der Waals surface area contributed by atoms with Gasteiger partial charge in [0, 0.05) is 16.3 Å². The second kappa shape index (κ2) is 6.14. The number of carbonyl (C=O) groups excluding carboxylic acids is 2. The summed E-state index contributed by atoms with van der Waals surface area (Å²) < 4.78 is 5.56. The van der Waals surface area contributed by atoms with E-state index in [4.69, 9.17) is 33.4 Å². The fourth-order valence-electron chi connectivity index (χ4n) is 2.27. The van der Waals surface area contributed by atoms with E-state index in [1.54, 1.807) is 19.1 Å². The number of rotatable bonds is 3. The minimum atomic E-state index is -0.825. The summed E-state index contributed by atoms with van der Waals surface area (Å²) in [5.41, 5.74) is 6.45. The van der Waals surface area contributed by atoms with Gasteiger partial charge in [-0.25, -0.2) is 9.78 Å². The number of ketones is 1. The molecule has 0 aliphatic heterocycles. The number of halogens is 2. The molecule has 122 valence electrons. The Balaban J connectivity index is 2.20. The largest absolute Gasteiger partial charge is 0.432 e. The van der Waals surface area contributed by atoms with Gasteiger partial charge in [0.25, 0.3) is 0 Å². The minimum Gasteiger partial charge on any atom is -0.432 e. The van der Waals surface area contributed by atoms with Crippen LogP contribution in [0.2, 0.25) is 10.0 Å². The number of aromatic nitrogens is 1. The van der Waals surface area contributed by atoms with Gasteiger partial charge in [-0.05, 0) is 37.3 Å². The number of nitrogens with two attached hydrogens (primary N) is 1. The summed E-state index contributed by atoms with van der Waals surface area (Å²) >= 11 is 11.9. The van der Waals surface area contributed by atoms with E-state index in [-0.39, 0.29) is 27.7 Å². The summed E-state index contributed by atoms with van der Waals surface area (Å²) in [6.07, 6.45) is 0. The smallest absolute Gasteiger partial charge is 0.316 e. The zero-order valence-electron chi connectivity index (χ0n) is 12.4. The van der Waals surface area contributed by atoms with Gasteiger partial charge in [-0.3, -0.25) is 4.79 Å². The van der Waals surface area contributed by atoms with Crippen LogP contribution < -0.4 is 11.1 Å². The molecule has 0 radical (unpaired) electrons. The lowest BCUT2D eigenvalue weighted by Crippen LogP contribution is -2.20. The van der Waals surface area contributed by atoms with Gasteiger partial charge >= 0.3 is 6.03 Å². The number of pyridine rings is 1. The fourth-order valence-corrected chi connectivity index (χ4v) is 2.77. The first-order valence-electron chi connectivity index (χ1n) is 6.83. The highest BCUT2D eigenvalue weighted by Crippen LogP contribution is 2.33. The zero-order chi connectivity index (χ0) is 17.4. The van der Waals surface area contributed by atoms with Crippen LogP contribution in [0.5, 0.6) is 0 Å². The molecule has 2 heterocycles. The summed E-state index contributed by atoms with van der Waals surface area (Å²) in [6, 6.07) is 7.05. The number of fused-ring (bicyclic) bond motifs is 1. The van der Waals surface area contributed by atoms with E-state index in [0.29, 0.717) is 16.1 Å². The van der Waals surface area contributed by atoms with E-state index < -0.39 is 11.8 Å². The third kappa shape index (κ3) is 2.93. The predicted octanol–water partition coefficient (Wildman–Crippen LogP) is 4.16. The lowest BCUT2D eigenvalue weighted by Gasteiger charge is -2.05. The minimum absolute atomic E-state index is 0.105. The number of nitrogens with zero attached hydrogens (tertiary/aromatic N) is 1. The van der Waals surface area contributed by atoms with Gasteiger partial charge in [-0.15, -0.1) is 0 Å². The normalized spacial score (nSPS) is 10.8. The van der Waals surface area contributed by atoms with E-state index in [1.807, 2.05) is 0 Å². The second-order valence-electron chi connectivity index (χ2n) is 5.05. The number of nitrogens with one attached hydrogen (secondary N) is 1. The maximum Gasteiger partial charge on any atom is 0.316 e. The van der Waals surface area contributed by atoms with E-state index >= 15 is 0 Å². The summed E-state index contributed by atoms with van der Waals surface area (Å²) in [5.74, 6) is -0.623. The maximum atomic E-state index is 12.8. The molecule has 1 aromatic carbocycles. The first-order valence-corrected chi connectivity index (χ1v) is 7.58. The van der Waals surface area contributed by atoms with Crippen molar-refractivity contribution in [3.8, 4) is 0 Å². The number of amides is 2. The van der Waals surface area contributed by atoms with E-state index in [0.717, 1.165) is 0 Å². The number of hydrogen-bond acceptors (Lipinski definition) is 4. The lowest BCUT2D eigenvalue weighted by atomic mass is 10.1. The van der Waals surface area contributed by atoms with Crippen molar-refractivity contribution in [2.75, 3.05) is 5.32 Å². The summed E-state index contributed by atoms with van der Waals surface area (Å²) in [7, 11) is 0. The Labute approximate surface area is 146 Å². The van der Waals surface area contributed by atoms with Gasteiger partial charge in [-0.2, -0.15) is 0 Å². The molecule has 3 N–H and O–H groups in total. The van der Waals surface area contributed by atoms with Gasteiger partial charge in [0.15, 0.2) is 0 Å². The van der Waals surface area contributed by atoms with Crippen molar-refractivity contribution in [2.24, 2.45) is 5.73 Å². The first-order chi connectivity index (χ1) is 11.4. The van der Waals surface area contributed by atoms with E-state index in [9.17, 15) is 9.59 Å². The molecular formula is C16H11Cl2N3O3. The topological polar surface area (TPSA) is 98.2 Å². The average Bonchev–Trinajstić information content (AvgIpc) is 2.83. The summed E-state index contributed by atoms with van der Waals surface area (Å²) in [5, 5.41) is 3.44. The number of primary amides is 1. The Morgan fingerprint density at radius 2 is 1.96 bits per heavy atom. The van der Waals surface area contributed by atoms with Gasteiger partial charge in [0.1, 0.15) is 5.69 Å². The predicted molar refractivity (Wildman–Crippen MR) is 91.8 cm³/mol. The molecule has 0 saturated carbocycles. The average molecular weight is 364 g/mol. The Hall–Kier alpha value is -2.57. The van der Waals surface area contributed by atoms with Crippen LogP contribution in [0.25, 0.3) is 11.1 Å². The second-order valence-corrected chi connectivity index (χ2v) is 5.90. The summed E-state index contributed by atoms with van der Waals surface area (Å²) in [4.78, 5) is 28.3. The van der Waals surface area contributed by atoms with Crippen LogP contribution >= 0.6 is 23.2 Å². The number of carbonyl (C=O) groups is 2. The van der Waals surface area contributed by atoms with Crippen LogP contribution in [-0.2, 0) is 0 Å². The van der Waals surface area contributed by atoms with Crippen LogP contribution in [-0.4, -0.2) is 16.8 Å². The maximum absolute atomic E-state index is 12.8. The number of benzene rings is 1. The van der Waals surface area contributed by atoms with Gasteiger partial charge in [-0.1, -0.05) is 23.2 Å². The fraction of sp³-hybridized carbons (Fsp3) is 0.0625. The molecule has 8 heteroatoms. The van der Waals surface area contributed by atoms with Crippen molar-refractivity contribution in [2.45, 2.75) is 6.92 Å². The van der Waals surface area contributed by atoms with Crippen LogP contribution in [0, 0.1) is 6.92 Å². The van der Waals surface area contributed by atoms with Crippen molar-refractivity contribution in [3.05, 3.63) is 57.4 Å². The molecule has 0 spiro atoms. The number of aryl methyl sites for hydroxylation is 1. The van der Waals surface area contributed by atoms with Crippen LogP contribution in [0.3, 0.4) is 0 Å². The molecule has 0 aliphatic rings. The number of anilines is 1. The zero-order valence-corrected chi connectivity index (χ0v) is 13.9. The van der Waals surface area contributed by atoms with Crippen molar-refractivity contribution in [3.63, 3.8) is 0 Å². The highest BCUT2D eigenvalue weighted by molar-refractivity contribution is 6.37. The standard InChI is InChI=1S/C16H11Cl2N3O3/c1-7-2-4-10-12(21-16(19)23)14(24-15(10)20-7)13(22)9-5-3-8(17)6-11(9)18/h2-6H,1H3,(H3,19,21,23). The van der Waals surface area contributed by atoms with Crippen LogP contribution in [0.1, 0.15) is 21.8 Å². The molecule has 3 aromatic rings. The third-order valence-corrected chi connectivity index (χ3v) is 3.87. The highest BCUT2D eigenvalue weighted by atomic mass is 35.5. The molecule has 0 aliphatic carbocycles. The SMILES string of the molecule is Cc1ccc2c(NC(N)=O)c(C(=O)c3ccc(Cl)cc3Cl)oc2n1. The molecule has 3 rings (SSSR count). The van der Waals surface area contributed by atoms with E-state index in [2.05, 4.69) is 10.3 Å². The lowest BCUT2D eigenvalue weighted by molar-refractivity contribution is 0.101. The third-order valence-electron chi connectivity index (χ3n) is 3.32. The van der Waals surface area contributed by atoms with Gasteiger partial charge < -0.3 is 15.5 Å². The van der Waals surface area contributed by atoms with Crippen molar-refractivity contribution in [1.82, 2.24) is 4.98 Å². The van der Waals surface area contributed by atoms with Crippen molar-refractivity contribution in [1.29, 1.82) is 0 Å².